The second-order valence-electron chi connectivity index (χ2n) is 4.08. The van der Waals surface area contributed by atoms with Gasteiger partial charge in [-0.05, 0) is 18.2 Å². The minimum Gasteiger partial charge on any atom is -0.456 e. The zero-order valence-corrected chi connectivity index (χ0v) is 12.5. The lowest BCUT2D eigenvalue weighted by atomic mass is 10.2. The van der Waals surface area contributed by atoms with Gasteiger partial charge in [0.25, 0.3) is 0 Å². The molecule has 1 heterocycles. The van der Waals surface area contributed by atoms with Crippen LogP contribution in [0.25, 0.3) is 0 Å². The first-order chi connectivity index (χ1) is 8.97. The van der Waals surface area contributed by atoms with Crippen LogP contribution in [-0.2, 0) is 18.4 Å². The van der Waals surface area contributed by atoms with Crippen molar-refractivity contribution in [1.82, 2.24) is 4.57 Å². The van der Waals surface area contributed by atoms with E-state index in [0.29, 0.717) is 16.4 Å². The number of rotatable bonds is 3. The Morgan fingerprint density at radius 1 is 1.47 bits per heavy atom. The van der Waals surface area contributed by atoms with Gasteiger partial charge in [0, 0.05) is 28.3 Å². The van der Waals surface area contributed by atoms with Crippen LogP contribution in [0.5, 0.6) is 0 Å². The van der Waals surface area contributed by atoms with Crippen molar-refractivity contribution in [3.05, 3.63) is 51.2 Å². The predicted molar refractivity (Wildman–Crippen MR) is 78.1 cm³/mol. The normalized spacial score (nSPS) is 10.5. The van der Waals surface area contributed by atoms with Gasteiger partial charge < -0.3 is 15.0 Å². The Labute approximate surface area is 124 Å². The van der Waals surface area contributed by atoms with Gasteiger partial charge in [0.15, 0.2) is 0 Å². The van der Waals surface area contributed by atoms with E-state index in [0.717, 1.165) is 10.0 Å². The summed E-state index contributed by atoms with van der Waals surface area (Å²) >= 11 is 9.36. The number of nitrogens with two attached hydrogens (primary N) is 1. The molecule has 0 saturated heterocycles. The Bertz CT molecular complexity index is 625. The largest absolute Gasteiger partial charge is 0.456 e. The highest BCUT2D eigenvalue weighted by Crippen LogP contribution is 2.22. The van der Waals surface area contributed by atoms with Crippen molar-refractivity contribution in [1.29, 1.82) is 0 Å². The summed E-state index contributed by atoms with van der Waals surface area (Å²) in [6, 6.07) is 6.98. The zero-order chi connectivity index (χ0) is 14.0. The highest BCUT2D eigenvalue weighted by atomic mass is 79.9. The van der Waals surface area contributed by atoms with Gasteiger partial charge >= 0.3 is 5.97 Å². The summed E-state index contributed by atoms with van der Waals surface area (Å²) in [5.41, 5.74) is 7.29. The molecule has 0 atom stereocenters. The van der Waals surface area contributed by atoms with E-state index in [2.05, 4.69) is 15.9 Å². The maximum absolute atomic E-state index is 11.9. The number of ether oxygens (including phenoxy) is 1. The summed E-state index contributed by atoms with van der Waals surface area (Å²) in [4.78, 5) is 11.9. The molecule has 0 unspecified atom stereocenters. The Balaban J connectivity index is 2.06. The summed E-state index contributed by atoms with van der Waals surface area (Å²) in [6.45, 7) is 0.121. The van der Waals surface area contributed by atoms with Crippen LogP contribution < -0.4 is 5.73 Å². The van der Waals surface area contributed by atoms with Crippen LogP contribution in [0.2, 0.25) is 5.02 Å². The number of esters is 1. The maximum atomic E-state index is 11.9. The molecule has 0 radical (unpaired) electrons. The molecule has 0 aliphatic rings. The number of halogens is 2. The average Bonchev–Trinajstić information content (AvgIpc) is 2.67. The fourth-order valence-corrected chi connectivity index (χ4v) is 2.38. The number of carbonyl (C=O) groups is 1. The number of nitrogen functional groups attached to an aromatic ring is 1. The van der Waals surface area contributed by atoms with E-state index < -0.39 is 5.97 Å². The van der Waals surface area contributed by atoms with Crippen molar-refractivity contribution < 1.29 is 9.53 Å². The van der Waals surface area contributed by atoms with Crippen molar-refractivity contribution in [2.24, 2.45) is 7.05 Å². The van der Waals surface area contributed by atoms with E-state index in [4.69, 9.17) is 22.1 Å². The van der Waals surface area contributed by atoms with Gasteiger partial charge in [0.2, 0.25) is 0 Å². The van der Waals surface area contributed by atoms with Crippen LogP contribution in [0.4, 0.5) is 5.69 Å². The third-order valence-corrected chi connectivity index (χ3v) is 3.45. The number of hydrogen-bond acceptors (Lipinski definition) is 3. The van der Waals surface area contributed by atoms with Gasteiger partial charge in [-0.1, -0.05) is 33.6 Å². The Morgan fingerprint density at radius 2 is 2.21 bits per heavy atom. The summed E-state index contributed by atoms with van der Waals surface area (Å²) in [5, 5.41) is 0.550. The summed E-state index contributed by atoms with van der Waals surface area (Å²) in [7, 11) is 1.74. The van der Waals surface area contributed by atoms with Gasteiger partial charge in [0.05, 0.1) is 5.69 Å². The standard InChI is InChI=1S/C13H12BrClN2O2/c1-17-6-10(16)5-12(17)13(18)19-7-8-2-3-9(14)4-11(8)15/h2-6H,7,16H2,1H3. The van der Waals surface area contributed by atoms with E-state index in [1.54, 1.807) is 36.0 Å². The van der Waals surface area contributed by atoms with E-state index in [1.165, 1.54) is 0 Å². The number of benzene rings is 1. The molecule has 0 fully saturated rings. The zero-order valence-electron chi connectivity index (χ0n) is 10.2. The van der Waals surface area contributed by atoms with E-state index in [-0.39, 0.29) is 6.61 Å². The minimum absolute atomic E-state index is 0.121. The second kappa shape index (κ2) is 5.67. The molecule has 0 saturated carbocycles. The smallest absolute Gasteiger partial charge is 0.355 e. The molecular formula is C13H12BrClN2O2. The Hall–Kier alpha value is -1.46. The summed E-state index contributed by atoms with van der Waals surface area (Å²) < 4.78 is 7.72. The second-order valence-corrected chi connectivity index (χ2v) is 5.40. The first-order valence-corrected chi connectivity index (χ1v) is 6.67. The van der Waals surface area contributed by atoms with Gasteiger partial charge in [-0.3, -0.25) is 0 Å². The maximum Gasteiger partial charge on any atom is 0.355 e. The number of nitrogens with zero attached hydrogens (tertiary/aromatic N) is 1. The van der Waals surface area contributed by atoms with Crippen molar-refractivity contribution in [2.75, 3.05) is 5.73 Å². The van der Waals surface area contributed by atoms with Gasteiger partial charge in [-0.25, -0.2) is 4.79 Å². The number of aryl methyl sites for hydroxylation is 1. The molecule has 2 N–H and O–H groups in total. The third-order valence-electron chi connectivity index (χ3n) is 2.61. The molecule has 0 aliphatic heterocycles. The van der Waals surface area contributed by atoms with Crippen LogP contribution >= 0.6 is 27.5 Å². The van der Waals surface area contributed by atoms with Gasteiger partial charge in [-0.2, -0.15) is 0 Å². The van der Waals surface area contributed by atoms with Gasteiger partial charge in [-0.15, -0.1) is 0 Å². The fourth-order valence-electron chi connectivity index (χ4n) is 1.65. The monoisotopic (exact) mass is 342 g/mol. The molecule has 100 valence electrons. The summed E-state index contributed by atoms with van der Waals surface area (Å²) in [5.74, 6) is -0.432. The van der Waals surface area contributed by atoms with Crippen molar-refractivity contribution >= 4 is 39.2 Å². The van der Waals surface area contributed by atoms with Crippen LogP contribution in [0.1, 0.15) is 16.1 Å². The molecule has 6 heteroatoms. The van der Waals surface area contributed by atoms with Crippen LogP contribution in [0.3, 0.4) is 0 Å². The molecule has 2 rings (SSSR count). The SMILES string of the molecule is Cn1cc(N)cc1C(=O)OCc1ccc(Br)cc1Cl. The number of carbonyl (C=O) groups excluding carboxylic acids is 1. The molecule has 1 aromatic carbocycles. The lowest BCUT2D eigenvalue weighted by Crippen LogP contribution is -2.09. The molecule has 19 heavy (non-hydrogen) atoms. The predicted octanol–water partition coefficient (Wildman–Crippen LogP) is 3.38. The fraction of sp³-hybridized carbons (Fsp3) is 0.154. The Kier molecular flexibility index (Phi) is 4.17. The van der Waals surface area contributed by atoms with Crippen molar-refractivity contribution in [3.63, 3.8) is 0 Å². The number of anilines is 1. The van der Waals surface area contributed by atoms with Crippen LogP contribution in [0.15, 0.2) is 34.9 Å². The van der Waals surface area contributed by atoms with E-state index in [9.17, 15) is 4.79 Å². The molecular weight excluding hydrogens is 332 g/mol. The first kappa shape index (κ1) is 14.0. The number of hydrogen-bond donors (Lipinski definition) is 1. The topological polar surface area (TPSA) is 57.2 Å². The van der Waals surface area contributed by atoms with E-state index in [1.807, 2.05) is 6.07 Å². The van der Waals surface area contributed by atoms with Crippen LogP contribution in [-0.4, -0.2) is 10.5 Å². The summed E-state index contributed by atoms with van der Waals surface area (Å²) in [6.07, 6.45) is 1.66. The lowest BCUT2D eigenvalue weighted by Gasteiger charge is -2.07. The third kappa shape index (κ3) is 3.30. The number of aromatic nitrogens is 1. The minimum atomic E-state index is -0.432. The molecule has 1 aromatic heterocycles. The molecule has 4 nitrogen and oxygen atoms in total. The average molecular weight is 344 g/mol. The molecule has 0 amide bonds. The quantitative estimate of drug-likeness (QED) is 0.869. The highest BCUT2D eigenvalue weighted by molar-refractivity contribution is 9.10. The Morgan fingerprint density at radius 3 is 2.79 bits per heavy atom. The van der Waals surface area contributed by atoms with Crippen molar-refractivity contribution in [3.8, 4) is 0 Å². The van der Waals surface area contributed by atoms with Gasteiger partial charge in [0.1, 0.15) is 12.3 Å². The molecule has 0 bridgehead atoms. The highest BCUT2D eigenvalue weighted by Gasteiger charge is 2.13. The lowest BCUT2D eigenvalue weighted by molar-refractivity contribution is 0.0461. The molecule has 0 spiro atoms. The first-order valence-electron chi connectivity index (χ1n) is 5.50. The molecule has 0 aliphatic carbocycles. The van der Waals surface area contributed by atoms with Crippen molar-refractivity contribution in [2.45, 2.75) is 6.61 Å². The van der Waals surface area contributed by atoms with Crippen LogP contribution in [0, 0.1) is 0 Å². The molecule has 2 aromatic rings. The van der Waals surface area contributed by atoms with E-state index >= 15 is 0 Å².